The van der Waals surface area contributed by atoms with Gasteiger partial charge in [-0.15, -0.1) is 0 Å². The molecule has 27 heavy (non-hydrogen) atoms. The number of hydrogen-bond donors (Lipinski definition) is 2. The van der Waals surface area contributed by atoms with Crippen molar-refractivity contribution in [1.29, 1.82) is 0 Å². The number of halogens is 2. The van der Waals surface area contributed by atoms with Crippen molar-refractivity contribution in [2.75, 3.05) is 11.9 Å². The predicted octanol–water partition coefficient (Wildman–Crippen LogP) is 2.61. The number of amides is 1. The fourth-order valence-electron chi connectivity index (χ4n) is 2.09. The Morgan fingerprint density at radius 2 is 2.07 bits per heavy atom. The molecule has 2 aromatic heterocycles. The van der Waals surface area contributed by atoms with Gasteiger partial charge in [-0.05, 0) is 25.1 Å². The van der Waals surface area contributed by atoms with Gasteiger partial charge in [0.1, 0.15) is 17.6 Å². The monoisotopic (exact) mass is 409 g/mol. The van der Waals surface area contributed by atoms with Crippen molar-refractivity contribution in [2.45, 2.75) is 13.0 Å². The molecule has 0 radical (unpaired) electrons. The summed E-state index contributed by atoms with van der Waals surface area (Å²) in [6.07, 6.45) is 1.62. The summed E-state index contributed by atoms with van der Waals surface area (Å²) < 4.78 is 10.3. The molecule has 140 valence electrons. The Morgan fingerprint density at radius 3 is 2.85 bits per heavy atom. The van der Waals surface area contributed by atoms with E-state index in [2.05, 4.69) is 25.3 Å². The summed E-state index contributed by atoms with van der Waals surface area (Å²) in [6, 6.07) is 4.58. The number of imidazole rings is 1. The van der Waals surface area contributed by atoms with E-state index in [1.54, 1.807) is 6.07 Å². The number of fused-ring (bicyclic) bond motifs is 1. The summed E-state index contributed by atoms with van der Waals surface area (Å²) in [5.74, 6) is -0.798. The highest BCUT2D eigenvalue weighted by molar-refractivity contribution is 6.35. The van der Waals surface area contributed by atoms with Crippen LogP contribution in [0.4, 0.5) is 5.82 Å². The number of H-pyrrole nitrogens is 1. The van der Waals surface area contributed by atoms with Crippen LogP contribution in [0.2, 0.25) is 10.0 Å². The first kappa shape index (κ1) is 18.9. The molecule has 0 aliphatic rings. The van der Waals surface area contributed by atoms with Crippen LogP contribution in [0.15, 0.2) is 30.9 Å². The van der Waals surface area contributed by atoms with Crippen LogP contribution in [-0.4, -0.2) is 44.5 Å². The number of aromatic nitrogens is 4. The van der Waals surface area contributed by atoms with E-state index >= 15 is 0 Å². The molecule has 0 spiro atoms. The summed E-state index contributed by atoms with van der Waals surface area (Å²) in [4.78, 5) is 38.8. The van der Waals surface area contributed by atoms with Gasteiger partial charge in [-0.3, -0.25) is 4.79 Å². The minimum absolute atomic E-state index is 0.231. The number of hydrogen-bond acceptors (Lipinski definition) is 7. The van der Waals surface area contributed by atoms with Gasteiger partial charge < -0.3 is 19.8 Å². The van der Waals surface area contributed by atoms with Crippen LogP contribution < -0.4 is 10.1 Å². The van der Waals surface area contributed by atoms with Gasteiger partial charge in [0.2, 0.25) is 0 Å². The first-order valence-electron chi connectivity index (χ1n) is 7.66. The van der Waals surface area contributed by atoms with Crippen LogP contribution in [0.3, 0.4) is 0 Å². The molecule has 0 saturated carbocycles. The van der Waals surface area contributed by atoms with Crippen molar-refractivity contribution in [3.63, 3.8) is 0 Å². The molecule has 1 aromatic carbocycles. The Balaban J connectivity index is 1.54. The Morgan fingerprint density at radius 1 is 1.26 bits per heavy atom. The van der Waals surface area contributed by atoms with Gasteiger partial charge in [0.25, 0.3) is 5.91 Å². The lowest BCUT2D eigenvalue weighted by atomic mass is 10.3. The molecule has 2 heterocycles. The minimum Gasteiger partial charge on any atom is -0.480 e. The lowest BCUT2D eigenvalue weighted by Gasteiger charge is -2.14. The number of nitrogens with one attached hydrogen (secondary N) is 2. The van der Waals surface area contributed by atoms with Crippen molar-refractivity contribution < 1.29 is 19.1 Å². The second-order valence-corrected chi connectivity index (χ2v) is 6.15. The van der Waals surface area contributed by atoms with Gasteiger partial charge in [0.05, 0.1) is 11.3 Å². The number of benzene rings is 1. The summed E-state index contributed by atoms with van der Waals surface area (Å²) in [5.41, 5.74) is 0.864. The summed E-state index contributed by atoms with van der Waals surface area (Å²) in [7, 11) is 0. The van der Waals surface area contributed by atoms with Gasteiger partial charge in [0, 0.05) is 5.02 Å². The number of esters is 1. The van der Waals surface area contributed by atoms with Gasteiger partial charge in [0.15, 0.2) is 24.2 Å². The predicted molar refractivity (Wildman–Crippen MR) is 97.8 cm³/mol. The number of rotatable bonds is 6. The second-order valence-electron chi connectivity index (χ2n) is 5.31. The van der Waals surface area contributed by atoms with E-state index < -0.39 is 24.6 Å². The maximum absolute atomic E-state index is 12.2. The maximum atomic E-state index is 12.2. The molecule has 0 saturated heterocycles. The molecule has 0 aliphatic heterocycles. The van der Waals surface area contributed by atoms with Gasteiger partial charge >= 0.3 is 5.97 Å². The first-order chi connectivity index (χ1) is 12.9. The lowest BCUT2D eigenvalue weighted by Crippen LogP contribution is -2.32. The third kappa shape index (κ3) is 4.63. The van der Waals surface area contributed by atoms with Crippen molar-refractivity contribution in [3.8, 4) is 5.75 Å². The average Bonchev–Trinajstić information content (AvgIpc) is 3.10. The van der Waals surface area contributed by atoms with E-state index in [-0.39, 0.29) is 16.6 Å². The number of aromatic amines is 1. The normalized spacial score (nSPS) is 11.8. The molecular formula is C16H13Cl2N5O4. The Labute approximate surface area is 163 Å². The van der Waals surface area contributed by atoms with E-state index in [9.17, 15) is 9.59 Å². The van der Waals surface area contributed by atoms with Crippen molar-refractivity contribution in [2.24, 2.45) is 0 Å². The van der Waals surface area contributed by atoms with Crippen LogP contribution in [-0.2, 0) is 14.3 Å². The van der Waals surface area contributed by atoms with Gasteiger partial charge in [-0.25, -0.2) is 19.7 Å². The van der Waals surface area contributed by atoms with Gasteiger partial charge in [-0.2, -0.15) is 0 Å². The highest BCUT2D eigenvalue weighted by Gasteiger charge is 2.20. The number of carbonyl (C=O) groups excluding carboxylic acids is 2. The zero-order valence-electron chi connectivity index (χ0n) is 13.9. The number of carbonyl (C=O) groups is 2. The summed E-state index contributed by atoms with van der Waals surface area (Å²) in [5, 5.41) is 3.25. The molecule has 0 aliphatic carbocycles. The smallest absolute Gasteiger partial charge is 0.344 e. The topological polar surface area (TPSA) is 119 Å². The second kappa shape index (κ2) is 8.19. The zero-order chi connectivity index (χ0) is 19.4. The largest absolute Gasteiger partial charge is 0.480 e. The van der Waals surface area contributed by atoms with Crippen molar-refractivity contribution >= 4 is 52.1 Å². The molecule has 1 amide bonds. The molecular weight excluding hydrogens is 397 g/mol. The van der Waals surface area contributed by atoms with E-state index in [0.29, 0.717) is 16.2 Å². The fraction of sp³-hybridized carbons (Fsp3) is 0.188. The van der Waals surface area contributed by atoms with Crippen molar-refractivity contribution in [3.05, 3.63) is 40.9 Å². The van der Waals surface area contributed by atoms with Gasteiger partial charge in [-0.1, -0.05) is 23.2 Å². The third-order valence-electron chi connectivity index (χ3n) is 3.38. The molecule has 3 aromatic rings. The summed E-state index contributed by atoms with van der Waals surface area (Å²) >= 11 is 11.7. The SMILES string of the molecule is CC(OC(=O)COc1ccc(Cl)cc1Cl)C(=O)Nc1ncnc2nc[nH]c12. The zero-order valence-corrected chi connectivity index (χ0v) is 15.4. The van der Waals surface area contributed by atoms with Crippen LogP contribution in [0, 0.1) is 0 Å². The van der Waals surface area contributed by atoms with Crippen LogP contribution in [0.5, 0.6) is 5.75 Å². The maximum Gasteiger partial charge on any atom is 0.344 e. The number of anilines is 1. The first-order valence-corrected chi connectivity index (χ1v) is 8.42. The fourth-order valence-corrected chi connectivity index (χ4v) is 2.55. The number of ether oxygens (including phenoxy) is 2. The highest BCUT2D eigenvalue weighted by Crippen LogP contribution is 2.27. The van der Waals surface area contributed by atoms with E-state index in [1.807, 2.05) is 0 Å². The van der Waals surface area contributed by atoms with E-state index in [1.165, 1.54) is 31.7 Å². The quantitative estimate of drug-likeness (QED) is 0.600. The van der Waals surface area contributed by atoms with Crippen LogP contribution in [0.25, 0.3) is 11.2 Å². The van der Waals surface area contributed by atoms with Crippen LogP contribution >= 0.6 is 23.2 Å². The van der Waals surface area contributed by atoms with Crippen molar-refractivity contribution in [1.82, 2.24) is 19.9 Å². The lowest BCUT2D eigenvalue weighted by molar-refractivity contribution is -0.155. The molecule has 1 atom stereocenters. The molecule has 0 bridgehead atoms. The molecule has 9 nitrogen and oxygen atoms in total. The molecule has 2 N–H and O–H groups in total. The molecule has 3 rings (SSSR count). The van der Waals surface area contributed by atoms with Crippen LogP contribution in [0.1, 0.15) is 6.92 Å². The van der Waals surface area contributed by atoms with E-state index in [4.69, 9.17) is 32.7 Å². The Bertz CT molecular complexity index is 994. The summed E-state index contributed by atoms with van der Waals surface area (Å²) in [6.45, 7) is 1.01. The van der Waals surface area contributed by atoms with E-state index in [0.717, 1.165) is 0 Å². The Hall–Kier alpha value is -2.91. The third-order valence-corrected chi connectivity index (χ3v) is 3.91. The average molecular weight is 410 g/mol. The standard InChI is InChI=1S/C16H13Cl2N5O4/c1-8(16(25)23-15-13-14(20-6-19-13)21-7-22-15)27-12(24)5-26-11-3-2-9(17)4-10(11)18/h2-4,6-8H,5H2,1H3,(H2,19,20,21,22,23,25). The minimum atomic E-state index is -1.07. The Kier molecular flexibility index (Phi) is 5.72. The molecule has 1 unspecified atom stereocenters. The highest BCUT2D eigenvalue weighted by atomic mass is 35.5. The number of nitrogens with zero attached hydrogens (tertiary/aromatic N) is 3. The molecule has 0 fully saturated rings. The molecule has 11 heteroatoms.